The van der Waals surface area contributed by atoms with E-state index < -0.39 is 11.9 Å². The predicted octanol–water partition coefficient (Wildman–Crippen LogP) is 1.36. The molecule has 1 aromatic rings. The van der Waals surface area contributed by atoms with E-state index in [0.29, 0.717) is 22.4 Å². The van der Waals surface area contributed by atoms with E-state index in [-0.39, 0.29) is 9.45 Å². The summed E-state index contributed by atoms with van der Waals surface area (Å²) in [5.41, 5.74) is 0.822. The fourth-order valence-electron chi connectivity index (χ4n) is 1.79. The summed E-state index contributed by atoms with van der Waals surface area (Å²) < 4.78 is 10.9. The molecule has 0 spiro atoms. The first-order valence-electron chi connectivity index (χ1n) is 4.57. The number of fused-ring (bicyclic) bond motifs is 1. The van der Waals surface area contributed by atoms with Crippen LogP contribution in [0.25, 0.3) is 0 Å². The lowest BCUT2D eigenvalue weighted by Gasteiger charge is -2.22. The van der Waals surface area contributed by atoms with Gasteiger partial charge in [0.15, 0.2) is 0 Å². The highest BCUT2D eigenvalue weighted by Gasteiger charge is 2.28. The lowest BCUT2D eigenvalue weighted by atomic mass is 9.96. The Morgan fingerprint density at radius 1 is 1.47 bits per heavy atom. The monoisotopic (exact) mass is 242 g/mol. The van der Waals surface area contributed by atoms with Gasteiger partial charge in [-0.1, -0.05) is 27.7 Å². The molecule has 15 heavy (non-hydrogen) atoms. The van der Waals surface area contributed by atoms with E-state index in [9.17, 15) is 9.00 Å². The maximum Gasteiger partial charge on any atom is 0.311 e. The van der Waals surface area contributed by atoms with Crippen molar-refractivity contribution in [2.24, 2.45) is 0 Å². The van der Waals surface area contributed by atoms with Crippen LogP contribution >= 0.6 is 0 Å². The van der Waals surface area contributed by atoms with Crippen LogP contribution in [0.4, 0.5) is 0 Å². The van der Waals surface area contributed by atoms with Gasteiger partial charge in [0, 0.05) is 10.6 Å². The number of aliphatic carboxylic acids is 1. The molecule has 0 radical (unpaired) electrons. The second-order valence-electron chi connectivity index (χ2n) is 3.34. The van der Waals surface area contributed by atoms with Gasteiger partial charge in [-0.25, -0.2) is 4.21 Å². The molecule has 1 aliphatic rings. The molecule has 0 aromatic heterocycles. The zero-order chi connectivity index (χ0) is 10.8. The average Bonchev–Trinajstić information content (AvgIpc) is 2.27. The third-order valence-electron chi connectivity index (χ3n) is 2.51. The molecular formula is C10H10O3S2. The summed E-state index contributed by atoms with van der Waals surface area (Å²) in [4.78, 5) is 12.0. The van der Waals surface area contributed by atoms with Crippen molar-refractivity contribution in [1.82, 2.24) is 0 Å². The molecule has 0 aliphatic carbocycles. The van der Waals surface area contributed by atoms with Crippen molar-refractivity contribution in [3.8, 4) is 0 Å². The number of hydrogen-bond donors (Lipinski definition) is 1. The summed E-state index contributed by atoms with van der Waals surface area (Å²) in [6.07, 6.45) is 0.574. The Balaban J connectivity index is 2.58. The summed E-state index contributed by atoms with van der Waals surface area (Å²) in [6, 6.07) is 7.39. The molecule has 2 atom stereocenters. The van der Waals surface area contributed by atoms with Gasteiger partial charge in [-0.2, -0.15) is 0 Å². The molecule has 5 heteroatoms. The van der Waals surface area contributed by atoms with Gasteiger partial charge in [0.05, 0.1) is 5.92 Å². The molecule has 2 unspecified atom stereocenters. The lowest BCUT2D eigenvalue weighted by Crippen LogP contribution is -2.21. The van der Waals surface area contributed by atoms with E-state index >= 15 is 0 Å². The largest absolute Gasteiger partial charge is 0.481 e. The average molecular weight is 242 g/mol. The fraction of sp³-hybridized carbons (Fsp3) is 0.300. The number of hydrogen-bond acceptors (Lipinski definition) is 2. The molecule has 1 heterocycles. The zero-order valence-electron chi connectivity index (χ0n) is 7.88. The van der Waals surface area contributed by atoms with Crippen molar-refractivity contribution < 1.29 is 14.1 Å². The van der Waals surface area contributed by atoms with Gasteiger partial charge in [-0.05, 0) is 18.1 Å². The molecule has 1 aromatic carbocycles. The van der Waals surface area contributed by atoms with Gasteiger partial charge >= 0.3 is 5.97 Å². The quantitative estimate of drug-likeness (QED) is 0.809. The zero-order valence-corrected chi connectivity index (χ0v) is 9.51. The van der Waals surface area contributed by atoms with Gasteiger partial charge in [-0.3, -0.25) is 4.79 Å². The Labute approximate surface area is 92.8 Å². The third-order valence-corrected chi connectivity index (χ3v) is 5.68. The van der Waals surface area contributed by atoms with E-state index in [1.165, 1.54) is 0 Å². The van der Waals surface area contributed by atoms with Crippen LogP contribution in [0.1, 0.15) is 17.9 Å². The molecule has 0 saturated heterocycles. The van der Waals surface area contributed by atoms with Crippen molar-refractivity contribution in [1.29, 1.82) is 0 Å². The molecule has 0 saturated carbocycles. The Hall–Kier alpha value is -0.940. The minimum absolute atomic E-state index is 0.366. The van der Waals surface area contributed by atoms with E-state index in [2.05, 4.69) is 0 Å². The van der Waals surface area contributed by atoms with Crippen LogP contribution in [0, 0.1) is 0 Å². The van der Waals surface area contributed by atoms with Gasteiger partial charge in [0.2, 0.25) is 0 Å². The van der Waals surface area contributed by atoms with Crippen molar-refractivity contribution >= 4 is 25.6 Å². The first kappa shape index (κ1) is 10.6. The molecule has 2 rings (SSSR count). The highest BCUT2D eigenvalue weighted by molar-refractivity contribution is 8.31. The predicted molar refractivity (Wildman–Crippen MR) is 60.1 cm³/mol. The van der Waals surface area contributed by atoms with E-state index in [1.807, 2.05) is 24.3 Å². The van der Waals surface area contributed by atoms with E-state index in [4.69, 9.17) is 5.11 Å². The van der Waals surface area contributed by atoms with Gasteiger partial charge in [-0.15, -0.1) is 0 Å². The minimum Gasteiger partial charge on any atom is -0.481 e. The highest BCUT2D eigenvalue weighted by atomic mass is 32.8. The molecule has 1 aliphatic heterocycles. The Morgan fingerprint density at radius 3 is 2.87 bits per heavy atom. The summed E-state index contributed by atoms with van der Waals surface area (Å²) in [5, 5.41) is 9.06. The summed E-state index contributed by atoms with van der Waals surface area (Å²) in [6.45, 7) is 0. The van der Waals surface area contributed by atoms with Crippen LogP contribution in [-0.2, 0) is 24.5 Å². The van der Waals surface area contributed by atoms with Crippen molar-refractivity contribution in [2.45, 2.75) is 17.2 Å². The molecule has 3 nitrogen and oxygen atoms in total. The number of carboxylic acids is 1. The Kier molecular flexibility index (Phi) is 3.02. The van der Waals surface area contributed by atoms with Crippen LogP contribution in [0.15, 0.2) is 29.2 Å². The minimum atomic E-state index is -0.790. The standard InChI is InChI=1S/C10H10O3S2/c11-10(12)8-5-6-15(14-13)9-4-2-1-3-7(8)9/h1-4,8H,5-6H2,(H,11,12). The Morgan fingerprint density at radius 2 is 2.20 bits per heavy atom. The van der Waals surface area contributed by atoms with Gasteiger partial charge in [0.1, 0.15) is 10.2 Å². The van der Waals surface area contributed by atoms with Crippen LogP contribution in [0.3, 0.4) is 0 Å². The number of rotatable bonds is 1. The van der Waals surface area contributed by atoms with Crippen LogP contribution in [-0.4, -0.2) is 21.0 Å². The van der Waals surface area contributed by atoms with Crippen LogP contribution < -0.4 is 0 Å². The second kappa shape index (κ2) is 4.28. The lowest BCUT2D eigenvalue weighted by molar-refractivity contribution is -0.138. The summed E-state index contributed by atoms with van der Waals surface area (Å²) >= 11 is 0. The summed E-state index contributed by atoms with van der Waals surface area (Å²) in [7, 11) is 0.221. The molecular weight excluding hydrogens is 232 g/mol. The third kappa shape index (κ3) is 1.89. The topological polar surface area (TPSA) is 54.4 Å². The number of benzene rings is 1. The first-order valence-corrected chi connectivity index (χ1v) is 7.22. The Bertz CT molecular complexity index is 463. The smallest absolute Gasteiger partial charge is 0.311 e. The maximum absolute atomic E-state index is 11.0. The number of carboxylic acid groups (broad SMARTS) is 1. The van der Waals surface area contributed by atoms with Crippen molar-refractivity contribution in [3.05, 3.63) is 29.8 Å². The van der Waals surface area contributed by atoms with Crippen molar-refractivity contribution in [3.63, 3.8) is 0 Å². The van der Waals surface area contributed by atoms with Gasteiger partial charge < -0.3 is 5.11 Å². The first-order chi connectivity index (χ1) is 7.24. The van der Waals surface area contributed by atoms with E-state index in [1.54, 1.807) is 0 Å². The molecule has 80 valence electrons. The van der Waals surface area contributed by atoms with E-state index in [0.717, 1.165) is 10.5 Å². The van der Waals surface area contributed by atoms with Crippen LogP contribution in [0.5, 0.6) is 0 Å². The normalized spacial score (nSPS) is 24.3. The molecule has 0 fully saturated rings. The molecule has 0 bridgehead atoms. The molecule has 0 amide bonds. The SMILES string of the molecule is O=S=S1CCC(C(=O)O)c2ccccc21. The van der Waals surface area contributed by atoms with Crippen molar-refractivity contribution in [2.75, 3.05) is 5.75 Å². The van der Waals surface area contributed by atoms with Gasteiger partial charge in [0.25, 0.3) is 0 Å². The maximum atomic E-state index is 11.0. The molecule has 1 N–H and O–H groups in total. The number of carbonyl (C=O) groups is 1. The summed E-state index contributed by atoms with van der Waals surface area (Å²) in [5.74, 6) is -0.541. The fourth-order valence-corrected chi connectivity index (χ4v) is 4.48. The van der Waals surface area contributed by atoms with Crippen LogP contribution in [0.2, 0.25) is 0 Å². The highest BCUT2D eigenvalue weighted by Crippen LogP contribution is 2.31. The second-order valence-corrected chi connectivity index (χ2v) is 6.63.